The lowest BCUT2D eigenvalue weighted by Crippen LogP contribution is -2.37. The van der Waals surface area contributed by atoms with Gasteiger partial charge in [-0.15, -0.1) is 0 Å². The molecule has 1 amide bonds. The Kier molecular flexibility index (Phi) is 4.77. The zero-order chi connectivity index (χ0) is 19.6. The van der Waals surface area contributed by atoms with Gasteiger partial charge in [0.1, 0.15) is 11.6 Å². The van der Waals surface area contributed by atoms with Crippen molar-refractivity contribution in [1.82, 2.24) is 10.3 Å². The number of nitrogens with one attached hydrogen (secondary N) is 1. The monoisotopic (exact) mass is 389 g/mol. The van der Waals surface area contributed by atoms with E-state index in [1.807, 2.05) is 54.6 Å². The first kappa shape index (κ1) is 17.9. The SMILES string of the molecule is O=C(N[C@@H]1CCOc2ccccc21)c1cc(N2CCOCC2)nc2ccccc12. The average Bonchev–Trinajstić information content (AvgIpc) is 2.79. The molecule has 0 saturated carbocycles. The number of hydrogen-bond donors (Lipinski definition) is 1. The molecule has 5 rings (SSSR count). The van der Waals surface area contributed by atoms with Gasteiger partial charge in [0.05, 0.1) is 36.9 Å². The summed E-state index contributed by atoms with van der Waals surface area (Å²) in [6.07, 6.45) is 0.752. The molecule has 3 heterocycles. The van der Waals surface area contributed by atoms with Crippen LogP contribution in [0, 0.1) is 0 Å². The summed E-state index contributed by atoms with van der Waals surface area (Å²) in [7, 11) is 0. The lowest BCUT2D eigenvalue weighted by molar-refractivity contribution is 0.0926. The Labute approximate surface area is 169 Å². The van der Waals surface area contributed by atoms with Gasteiger partial charge in [0.2, 0.25) is 0 Å². The summed E-state index contributed by atoms with van der Waals surface area (Å²) in [4.78, 5) is 20.3. The van der Waals surface area contributed by atoms with Crippen LogP contribution in [0.2, 0.25) is 0 Å². The Morgan fingerprint density at radius 2 is 1.83 bits per heavy atom. The topological polar surface area (TPSA) is 63.7 Å². The van der Waals surface area contributed by atoms with E-state index in [0.717, 1.165) is 47.5 Å². The molecule has 2 aliphatic rings. The first-order chi connectivity index (χ1) is 14.3. The van der Waals surface area contributed by atoms with Gasteiger partial charge in [-0.1, -0.05) is 36.4 Å². The molecule has 1 fully saturated rings. The highest BCUT2D eigenvalue weighted by molar-refractivity contribution is 6.07. The maximum Gasteiger partial charge on any atom is 0.252 e. The highest BCUT2D eigenvalue weighted by Crippen LogP contribution is 2.32. The van der Waals surface area contributed by atoms with Crippen molar-refractivity contribution in [2.24, 2.45) is 0 Å². The maximum atomic E-state index is 13.3. The average molecular weight is 389 g/mol. The summed E-state index contributed by atoms with van der Waals surface area (Å²) in [5.41, 5.74) is 2.51. The number of nitrogens with zero attached hydrogens (tertiary/aromatic N) is 2. The summed E-state index contributed by atoms with van der Waals surface area (Å²) in [6, 6.07) is 17.6. The number of benzene rings is 2. The molecule has 6 heteroatoms. The van der Waals surface area contributed by atoms with E-state index in [4.69, 9.17) is 14.5 Å². The van der Waals surface area contributed by atoms with Crippen LogP contribution in [0.3, 0.4) is 0 Å². The number of amides is 1. The normalized spacial score (nSPS) is 18.8. The van der Waals surface area contributed by atoms with Crippen molar-refractivity contribution >= 4 is 22.6 Å². The molecule has 6 nitrogen and oxygen atoms in total. The van der Waals surface area contributed by atoms with Gasteiger partial charge >= 0.3 is 0 Å². The fourth-order valence-corrected chi connectivity index (χ4v) is 4.03. The molecule has 1 atom stereocenters. The molecule has 3 aromatic rings. The van der Waals surface area contributed by atoms with Crippen LogP contribution in [0.15, 0.2) is 54.6 Å². The number of hydrogen-bond acceptors (Lipinski definition) is 5. The Morgan fingerprint density at radius 1 is 1.03 bits per heavy atom. The summed E-state index contributed by atoms with van der Waals surface area (Å²) in [5, 5.41) is 4.09. The Bertz CT molecular complexity index is 1050. The first-order valence-corrected chi connectivity index (χ1v) is 10.0. The van der Waals surface area contributed by atoms with Crippen molar-refractivity contribution in [3.63, 3.8) is 0 Å². The highest BCUT2D eigenvalue weighted by Gasteiger charge is 2.25. The molecule has 0 spiro atoms. The number of aromatic nitrogens is 1. The van der Waals surface area contributed by atoms with Crippen molar-refractivity contribution in [2.75, 3.05) is 37.8 Å². The fourth-order valence-electron chi connectivity index (χ4n) is 4.03. The van der Waals surface area contributed by atoms with Crippen molar-refractivity contribution in [2.45, 2.75) is 12.5 Å². The standard InChI is InChI=1S/C23H23N3O3/c27-23(25-20-9-12-29-21-8-4-2-6-17(20)21)18-15-22(26-10-13-28-14-11-26)24-19-7-3-1-5-16(18)19/h1-8,15,20H,9-14H2,(H,25,27)/t20-/m1/s1. The molecule has 0 radical (unpaired) electrons. The van der Waals surface area contributed by atoms with Crippen molar-refractivity contribution in [3.8, 4) is 5.75 Å². The zero-order valence-corrected chi connectivity index (χ0v) is 16.1. The molecule has 29 heavy (non-hydrogen) atoms. The van der Waals surface area contributed by atoms with E-state index in [-0.39, 0.29) is 11.9 Å². The van der Waals surface area contributed by atoms with E-state index in [0.29, 0.717) is 25.4 Å². The van der Waals surface area contributed by atoms with Gasteiger partial charge in [-0.2, -0.15) is 0 Å². The number of carbonyl (C=O) groups is 1. The molecule has 1 N–H and O–H groups in total. The van der Waals surface area contributed by atoms with E-state index in [2.05, 4.69) is 10.2 Å². The number of anilines is 1. The lowest BCUT2D eigenvalue weighted by Gasteiger charge is -2.29. The summed E-state index contributed by atoms with van der Waals surface area (Å²) >= 11 is 0. The molecule has 1 saturated heterocycles. The second-order valence-electron chi connectivity index (χ2n) is 7.35. The predicted octanol–water partition coefficient (Wildman–Crippen LogP) is 3.33. The first-order valence-electron chi connectivity index (χ1n) is 10.0. The van der Waals surface area contributed by atoms with Crippen LogP contribution in [0.5, 0.6) is 5.75 Å². The number of ether oxygens (including phenoxy) is 2. The minimum absolute atomic E-state index is 0.0637. The van der Waals surface area contributed by atoms with E-state index < -0.39 is 0 Å². The van der Waals surface area contributed by atoms with Crippen LogP contribution >= 0.6 is 0 Å². The second-order valence-corrected chi connectivity index (χ2v) is 7.35. The minimum atomic E-state index is -0.0835. The predicted molar refractivity (Wildman–Crippen MR) is 112 cm³/mol. The Hall–Kier alpha value is -3.12. The van der Waals surface area contributed by atoms with Gasteiger partial charge in [0.15, 0.2) is 0 Å². The van der Waals surface area contributed by atoms with Crippen molar-refractivity contribution in [1.29, 1.82) is 0 Å². The van der Waals surface area contributed by atoms with Gasteiger partial charge in [0, 0.05) is 30.5 Å². The Morgan fingerprint density at radius 3 is 2.72 bits per heavy atom. The van der Waals surface area contributed by atoms with Crippen LogP contribution < -0.4 is 15.0 Å². The lowest BCUT2D eigenvalue weighted by atomic mass is 9.99. The summed E-state index contributed by atoms with van der Waals surface area (Å²) in [5.74, 6) is 1.59. The molecule has 1 aromatic heterocycles. The molecule has 148 valence electrons. The smallest absolute Gasteiger partial charge is 0.252 e. The number of fused-ring (bicyclic) bond motifs is 2. The Balaban J connectivity index is 1.50. The van der Waals surface area contributed by atoms with Gasteiger partial charge in [0.25, 0.3) is 5.91 Å². The second kappa shape index (κ2) is 7.72. The highest BCUT2D eigenvalue weighted by atomic mass is 16.5. The number of para-hydroxylation sites is 2. The third kappa shape index (κ3) is 3.51. The van der Waals surface area contributed by atoms with Crippen LogP contribution in [0.4, 0.5) is 5.82 Å². The van der Waals surface area contributed by atoms with E-state index in [9.17, 15) is 4.79 Å². The maximum absolute atomic E-state index is 13.3. The van der Waals surface area contributed by atoms with Crippen LogP contribution in [-0.2, 0) is 4.74 Å². The molecule has 0 aliphatic carbocycles. The van der Waals surface area contributed by atoms with E-state index >= 15 is 0 Å². The molecule has 0 bridgehead atoms. The van der Waals surface area contributed by atoms with Crippen molar-refractivity contribution < 1.29 is 14.3 Å². The number of morpholine rings is 1. The quantitative estimate of drug-likeness (QED) is 0.745. The van der Waals surface area contributed by atoms with Gasteiger partial charge in [-0.05, 0) is 18.2 Å². The van der Waals surface area contributed by atoms with Crippen LogP contribution in [0.25, 0.3) is 10.9 Å². The van der Waals surface area contributed by atoms with Gasteiger partial charge < -0.3 is 19.7 Å². The summed E-state index contributed by atoms with van der Waals surface area (Å²) < 4.78 is 11.2. The number of rotatable bonds is 3. The number of pyridine rings is 1. The van der Waals surface area contributed by atoms with Crippen LogP contribution in [-0.4, -0.2) is 43.8 Å². The number of carbonyl (C=O) groups excluding carboxylic acids is 1. The minimum Gasteiger partial charge on any atom is -0.493 e. The molecular formula is C23H23N3O3. The van der Waals surface area contributed by atoms with E-state index in [1.54, 1.807) is 0 Å². The van der Waals surface area contributed by atoms with Crippen molar-refractivity contribution in [3.05, 3.63) is 65.7 Å². The fraction of sp³-hybridized carbons (Fsp3) is 0.304. The van der Waals surface area contributed by atoms with Gasteiger partial charge in [-0.3, -0.25) is 4.79 Å². The van der Waals surface area contributed by atoms with Gasteiger partial charge in [-0.25, -0.2) is 4.98 Å². The third-order valence-corrected chi connectivity index (χ3v) is 5.55. The molecular weight excluding hydrogens is 366 g/mol. The summed E-state index contributed by atoms with van der Waals surface area (Å²) in [6.45, 7) is 3.50. The zero-order valence-electron chi connectivity index (χ0n) is 16.1. The van der Waals surface area contributed by atoms with E-state index in [1.165, 1.54) is 0 Å². The molecule has 2 aliphatic heterocycles. The molecule has 0 unspecified atom stereocenters. The largest absolute Gasteiger partial charge is 0.493 e. The third-order valence-electron chi connectivity index (χ3n) is 5.55. The molecule has 2 aromatic carbocycles. The van der Waals surface area contributed by atoms with Crippen LogP contribution in [0.1, 0.15) is 28.4 Å².